The molecule has 3 rings (SSSR count). The van der Waals surface area contributed by atoms with E-state index >= 15 is 0 Å². The predicted molar refractivity (Wildman–Crippen MR) is 64.9 cm³/mol. The lowest BCUT2D eigenvalue weighted by Gasteiger charge is -2.07. The normalized spacial score (nSPS) is 13.1. The number of rotatable bonds is 1. The number of fused-ring (bicyclic) bond motifs is 2. The van der Waals surface area contributed by atoms with E-state index in [0.29, 0.717) is 6.79 Å². The Kier molecular flexibility index (Phi) is 1.90. The zero-order chi connectivity index (χ0) is 11.1. The van der Waals surface area contributed by atoms with E-state index in [1.165, 1.54) is 10.9 Å². The van der Waals surface area contributed by atoms with Crippen molar-refractivity contribution in [1.82, 2.24) is 0 Å². The Morgan fingerprint density at radius 2 is 1.94 bits per heavy atom. The smallest absolute Gasteiger partial charge is 0.231 e. The summed E-state index contributed by atoms with van der Waals surface area (Å²) in [4.78, 5) is 0. The van der Waals surface area contributed by atoms with Gasteiger partial charge in [0, 0.05) is 0 Å². The van der Waals surface area contributed by atoms with Crippen molar-refractivity contribution < 1.29 is 9.47 Å². The van der Waals surface area contributed by atoms with Crippen LogP contribution < -0.4 is 9.47 Å². The standard InChI is InChI=1S/C14H12O2/c1-3-11-9(2)4-5-10-6-13-14(7-12(10)11)16-8-15-13/h3-7H,1,8H2,2H3. The maximum absolute atomic E-state index is 5.39. The zero-order valence-electron chi connectivity index (χ0n) is 9.12. The average Bonchev–Trinajstić information content (AvgIpc) is 2.73. The quantitative estimate of drug-likeness (QED) is 0.720. The first-order valence-corrected chi connectivity index (χ1v) is 5.25. The van der Waals surface area contributed by atoms with Crippen LogP contribution >= 0.6 is 0 Å². The summed E-state index contributed by atoms with van der Waals surface area (Å²) in [6, 6.07) is 8.24. The predicted octanol–water partition coefficient (Wildman–Crippen LogP) is 3.52. The van der Waals surface area contributed by atoms with Crippen LogP contribution in [0, 0.1) is 6.92 Å². The van der Waals surface area contributed by atoms with E-state index in [2.05, 4.69) is 25.6 Å². The molecule has 0 atom stereocenters. The number of benzene rings is 2. The van der Waals surface area contributed by atoms with Crippen molar-refractivity contribution in [3.63, 3.8) is 0 Å². The van der Waals surface area contributed by atoms with Gasteiger partial charge in [-0.3, -0.25) is 0 Å². The van der Waals surface area contributed by atoms with E-state index in [0.717, 1.165) is 22.4 Å². The fourth-order valence-electron chi connectivity index (χ4n) is 2.12. The van der Waals surface area contributed by atoms with Crippen LogP contribution in [-0.2, 0) is 0 Å². The molecule has 16 heavy (non-hydrogen) atoms. The molecule has 0 bridgehead atoms. The fraction of sp³-hybridized carbons (Fsp3) is 0.143. The summed E-state index contributed by atoms with van der Waals surface area (Å²) < 4.78 is 10.8. The molecule has 1 aliphatic heterocycles. The summed E-state index contributed by atoms with van der Waals surface area (Å²) >= 11 is 0. The second kappa shape index (κ2) is 3.27. The molecule has 0 amide bonds. The van der Waals surface area contributed by atoms with E-state index in [9.17, 15) is 0 Å². The summed E-state index contributed by atoms with van der Waals surface area (Å²) in [6.45, 7) is 6.26. The van der Waals surface area contributed by atoms with E-state index in [1.807, 2.05) is 18.2 Å². The maximum atomic E-state index is 5.39. The number of hydrogen-bond acceptors (Lipinski definition) is 2. The molecule has 0 saturated carbocycles. The topological polar surface area (TPSA) is 18.5 Å². The maximum Gasteiger partial charge on any atom is 0.231 e. The molecule has 0 fully saturated rings. The van der Waals surface area contributed by atoms with Gasteiger partial charge in [0.2, 0.25) is 6.79 Å². The molecule has 0 spiro atoms. The summed E-state index contributed by atoms with van der Waals surface area (Å²) in [5, 5.41) is 2.32. The zero-order valence-corrected chi connectivity index (χ0v) is 9.12. The molecule has 2 nitrogen and oxygen atoms in total. The second-order valence-electron chi connectivity index (χ2n) is 3.93. The summed E-state index contributed by atoms with van der Waals surface area (Å²) in [7, 11) is 0. The number of aryl methyl sites for hydroxylation is 1. The van der Waals surface area contributed by atoms with Crippen LogP contribution in [0.25, 0.3) is 16.8 Å². The van der Waals surface area contributed by atoms with Crippen LogP contribution in [-0.4, -0.2) is 6.79 Å². The average molecular weight is 212 g/mol. The molecule has 1 heterocycles. The van der Waals surface area contributed by atoms with Gasteiger partial charge in [-0.05, 0) is 41.0 Å². The molecule has 0 saturated heterocycles. The van der Waals surface area contributed by atoms with Crippen LogP contribution in [0.3, 0.4) is 0 Å². The molecular formula is C14H12O2. The van der Waals surface area contributed by atoms with Crippen LogP contribution in [0.15, 0.2) is 30.8 Å². The third-order valence-electron chi connectivity index (χ3n) is 2.98. The Bertz CT molecular complexity index is 585. The summed E-state index contributed by atoms with van der Waals surface area (Å²) in [5.41, 5.74) is 2.39. The van der Waals surface area contributed by atoms with Gasteiger partial charge in [0.1, 0.15) is 0 Å². The minimum Gasteiger partial charge on any atom is -0.454 e. The van der Waals surface area contributed by atoms with Crippen molar-refractivity contribution in [3.05, 3.63) is 42.0 Å². The monoisotopic (exact) mass is 212 g/mol. The van der Waals surface area contributed by atoms with Gasteiger partial charge in [-0.1, -0.05) is 24.8 Å². The molecule has 2 aromatic rings. The summed E-state index contributed by atoms with van der Waals surface area (Å²) in [5.74, 6) is 1.65. The molecular weight excluding hydrogens is 200 g/mol. The molecule has 80 valence electrons. The molecule has 0 radical (unpaired) electrons. The minimum atomic E-state index is 0.314. The van der Waals surface area contributed by atoms with E-state index in [-0.39, 0.29) is 0 Å². The highest BCUT2D eigenvalue weighted by Crippen LogP contribution is 2.37. The molecule has 2 aromatic carbocycles. The van der Waals surface area contributed by atoms with Crippen LogP contribution in [0.1, 0.15) is 11.1 Å². The Morgan fingerprint density at radius 1 is 1.19 bits per heavy atom. The van der Waals surface area contributed by atoms with E-state index in [1.54, 1.807) is 0 Å². The second-order valence-corrected chi connectivity index (χ2v) is 3.93. The largest absolute Gasteiger partial charge is 0.454 e. The van der Waals surface area contributed by atoms with Gasteiger partial charge in [0.15, 0.2) is 11.5 Å². The van der Waals surface area contributed by atoms with Gasteiger partial charge in [-0.15, -0.1) is 0 Å². The van der Waals surface area contributed by atoms with Crippen molar-refractivity contribution in [2.75, 3.05) is 6.79 Å². The highest BCUT2D eigenvalue weighted by molar-refractivity contribution is 5.94. The first-order valence-electron chi connectivity index (χ1n) is 5.25. The van der Waals surface area contributed by atoms with Crippen molar-refractivity contribution in [2.24, 2.45) is 0 Å². The third-order valence-corrected chi connectivity index (χ3v) is 2.98. The van der Waals surface area contributed by atoms with E-state index < -0.39 is 0 Å². The van der Waals surface area contributed by atoms with Crippen LogP contribution in [0.4, 0.5) is 0 Å². The SMILES string of the molecule is C=Cc1c(C)ccc2cc3c(cc12)OCO3. The van der Waals surface area contributed by atoms with Gasteiger partial charge in [0.05, 0.1) is 0 Å². The van der Waals surface area contributed by atoms with Gasteiger partial charge < -0.3 is 9.47 Å². The highest BCUT2D eigenvalue weighted by Gasteiger charge is 2.15. The van der Waals surface area contributed by atoms with Crippen molar-refractivity contribution in [1.29, 1.82) is 0 Å². The van der Waals surface area contributed by atoms with Gasteiger partial charge in [0.25, 0.3) is 0 Å². The van der Waals surface area contributed by atoms with Gasteiger partial charge >= 0.3 is 0 Å². The van der Waals surface area contributed by atoms with Crippen molar-refractivity contribution in [3.8, 4) is 11.5 Å². The lowest BCUT2D eigenvalue weighted by Crippen LogP contribution is -1.92. The lowest BCUT2D eigenvalue weighted by atomic mass is 9.99. The van der Waals surface area contributed by atoms with Crippen molar-refractivity contribution in [2.45, 2.75) is 6.92 Å². The third kappa shape index (κ3) is 1.20. The number of ether oxygens (including phenoxy) is 2. The molecule has 0 N–H and O–H groups in total. The molecule has 0 aliphatic carbocycles. The first kappa shape index (κ1) is 9.28. The summed E-state index contributed by atoms with van der Waals surface area (Å²) in [6.07, 6.45) is 1.89. The Labute approximate surface area is 94.1 Å². The first-order chi connectivity index (χ1) is 7.79. The Morgan fingerprint density at radius 3 is 2.69 bits per heavy atom. The van der Waals surface area contributed by atoms with Gasteiger partial charge in [-0.25, -0.2) is 0 Å². The molecule has 0 unspecified atom stereocenters. The minimum absolute atomic E-state index is 0.314. The number of hydrogen-bond donors (Lipinski definition) is 0. The Balaban J connectivity index is 2.39. The van der Waals surface area contributed by atoms with Crippen LogP contribution in [0.5, 0.6) is 11.5 Å². The van der Waals surface area contributed by atoms with Gasteiger partial charge in [-0.2, -0.15) is 0 Å². The van der Waals surface area contributed by atoms with Crippen LogP contribution in [0.2, 0.25) is 0 Å². The fourth-order valence-corrected chi connectivity index (χ4v) is 2.12. The Hall–Kier alpha value is -1.96. The van der Waals surface area contributed by atoms with E-state index in [4.69, 9.17) is 9.47 Å². The molecule has 1 aliphatic rings. The molecule has 0 aromatic heterocycles. The molecule has 2 heteroatoms. The highest BCUT2D eigenvalue weighted by atomic mass is 16.7. The van der Waals surface area contributed by atoms with Crippen molar-refractivity contribution >= 4 is 16.8 Å². The lowest BCUT2D eigenvalue weighted by molar-refractivity contribution is 0.174.